The quantitative estimate of drug-likeness (QED) is 0.847. The summed E-state index contributed by atoms with van der Waals surface area (Å²) in [5.74, 6) is -0.349. The minimum Gasteiger partial charge on any atom is -0.480 e. The van der Waals surface area contributed by atoms with Crippen LogP contribution in [0, 0.1) is 5.92 Å². The van der Waals surface area contributed by atoms with E-state index in [-0.39, 0.29) is 5.25 Å². The molecule has 92 valence electrons. The van der Waals surface area contributed by atoms with Crippen LogP contribution in [0.3, 0.4) is 0 Å². The van der Waals surface area contributed by atoms with Gasteiger partial charge in [0.05, 0.1) is 0 Å². The van der Waals surface area contributed by atoms with Gasteiger partial charge in [0, 0.05) is 9.37 Å². The summed E-state index contributed by atoms with van der Waals surface area (Å²) < 4.78 is 0.998. The first-order valence-corrected chi connectivity index (χ1v) is 7.49. The van der Waals surface area contributed by atoms with E-state index in [1.165, 1.54) is 24.6 Å². The molecule has 1 unspecified atom stereocenters. The summed E-state index contributed by atoms with van der Waals surface area (Å²) in [6.07, 6.45) is 4.46. The Labute approximate surface area is 114 Å². The van der Waals surface area contributed by atoms with Gasteiger partial charge in [-0.25, -0.2) is 0 Å². The third kappa shape index (κ3) is 3.49. The number of benzene rings is 1. The molecule has 0 aromatic heterocycles. The van der Waals surface area contributed by atoms with Crippen LogP contribution < -0.4 is 0 Å². The summed E-state index contributed by atoms with van der Waals surface area (Å²) >= 11 is 4.89. The van der Waals surface area contributed by atoms with Crippen molar-refractivity contribution < 1.29 is 9.90 Å². The average molecular weight is 315 g/mol. The lowest BCUT2D eigenvalue weighted by Gasteiger charge is -2.18. The van der Waals surface area contributed by atoms with Gasteiger partial charge in [-0.05, 0) is 37.0 Å². The molecule has 1 aromatic carbocycles. The Kier molecular flexibility index (Phi) is 4.51. The van der Waals surface area contributed by atoms with Crippen molar-refractivity contribution in [2.45, 2.75) is 35.8 Å². The molecule has 1 fully saturated rings. The van der Waals surface area contributed by atoms with Crippen molar-refractivity contribution in [2.24, 2.45) is 5.92 Å². The zero-order chi connectivity index (χ0) is 12.3. The van der Waals surface area contributed by atoms with E-state index >= 15 is 0 Å². The van der Waals surface area contributed by atoms with Crippen molar-refractivity contribution in [1.29, 1.82) is 0 Å². The molecule has 2 nitrogen and oxygen atoms in total. The van der Waals surface area contributed by atoms with Crippen LogP contribution in [0.25, 0.3) is 0 Å². The zero-order valence-corrected chi connectivity index (χ0v) is 11.8. The number of carboxylic acid groups (broad SMARTS) is 1. The van der Waals surface area contributed by atoms with Gasteiger partial charge in [0.2, 0.25) is 0 Å². The van der Waals surface area contributed by atoms with Gasteiger partial charge in [-0.3, -0.25) is 4.79 Å². The molecule has 0 amide bonds. The van der Waals surface area contributed by atoms with Gasteiger partial charge in [-0.15, -0.1) is 11.8 Å². The fraction of sp³-hybridized carbons (Fsp3) is 0.462. The maximum atomic E-state index is 11.3. The largest absolute Gasteiger partial charge is 0.480 e. The minimum atomic E-state index is -0.679. The molecule has 1 aromatic rings. The van der Waals surface area contributed by atoms with E-state index < -0.39 is 5.97 Å². The van der Waals surface area contributed by atoms with Crippen molar-refractivity contribution in [1.82, 2.24) is 0 Å². The fourth-order valence-corrected chi connectivity index (χ4v) is 4.06. The van der Waals surface area contributed by atoms with E-state index in [0.29, 0.717) is 5.92 Å². The number of carboxylic acids is 1. The van der Waals surface area contributed by atoms with Crippen molar-refractivity contribution in [3.63, 3.8) is 0 Å². The smallest absolute Gasteiger partial charge is 0.317 e. The van der Waals surface area contributed by atoms with Crippen LogP contribution in [0.5, 0.6) is 0 Å². The lowest BCUT2D eigenvalue weighted by atomic mass is 10.0. The molecule has 4 heteroatoms. The van der Waals surface area contributed by atoms with Crippen LogP contribution in [0.1, 0.15) is 25.7 Å². The summed E-state index contributed by atoms with van der Waals surface area (Å²) in [7, 11) is 0. The Hall–Kier alpha value is -0.480. The van der Waals surface area contributed by atoms with E-state index in [4.69, 9.17) is 0 Å². The molecule has 0 bridgehead atoms. The summed E-state index contributed by atoms with van der Waals surface area (Å²) in [5, 5.41) is 9.03. The molecular weight excluding hydrogens is 300 g/mol. The van der Waals surface area contributed by atoms with Crippen LogP contribution in [0.15, 0.2) is 33.6 Å². The summed E-state index contributed by atoms with van der Waals surface area (Å²) in [6, 6.07) is 7.85. The fourth-order valence-electron chi connectivity index (χ4n) is 2.30. The molecule has 1 saturated carbocycles. The third-order valence-electron chi connectivity index (χ3n) is 3.13. The number of aliphatic carboxylic acids is 1. The molecule has 2 rings (SSSR count). The Morgan fingerprint density at radius 1 is 1.41 bits per heavy atom. The predicted octanol–water partition coefficient (Wildman–Crippen LogP) is 4.18. The van der Waals surface area contributed by atoms with Crippen molar-refractivity contribution in [3.8, 4) is 0 Å². The summed E-state index contributed by atoms with van der Waals surface area (Å²) in [5.41, 5.74) is 0. The maximum Gasteiger partial charge on any atom is 0.317 e. The van der Waals surface area contributed by atoms with Gasteiger partial charge >= 0.3 is 5.97 Å². The van der Waals surface area contributed by atoms with Crippen molar-refractivity contribution >= 4 is 33.7 Å². The van der Waals surface area contributed by atoms with E-state index in [0.717, 1.165) is 22.2 Å². The first-order valence-electron chi connectivity index (χ1n) is 5.82. The number of rotatable bonds is 4. The molecule has 0 radical (unpaired) electrons. The number of hydrogen-bond donors (Lipinski definition) is 1. The minimum absolute atomic E-state index is 0.299. The normalized spacial score (nSPS) is 18.2. The second-order valence-electron chi connectivity index (χ2n) is 4.38. The first kappa shape index (κ1) is 13.0. The average Bonchev–Trinajstić information content (AvgIpc) is 2.78. The molecule has 17 heavy (non-hydrogen) atoms. The SMILES string of the molecule is O=C(O)C(Sc1cccc(Br)c1)C1CCCC1. The van der Waals surface area contributed by atoms with Gasteiger partial charge in [0.25, 0.3) is 0 Å². The second kappa shape index (κ2) is 5.91. The molecular formula is C13H15BrO2S. The molecule has 1 N–H and O–H groups in total. The van der Waals surface area contributed by atoms with Gasteiger partial charge in [0.15, 0.2) is 0 Å². The van der Waals surface area contributed by atoms with Crippen LogP contribution in [0.2, 0.25) is 0 Å². The topological polar surface area (TPSA) is 37.3 Å². The summed E-state index contributed by atoms with van der Waals surface area (Å²) in [4.78, 5) is 12.4. The number of hydrogen-bond acceptors (Lipinski definition) is 2. The third-order valence-corrected chi connectivity index (χ3v) is 4.99. The Bertz CT molecular complexity index is 402. The number of carbonyl (C=O) groups is 1. The van der Waals surface area contributed by atoms with E-state index in [9.17, 15) is 9.90 Å². The molecule has 1 aliphatic carbocycles. The molecule has 1 atom stereocenters. The van der Waals surface area contributed by atoms with Crippen molar-refractivity contribution in [3.05, 3.63) is 28.7 Å². The monoisotopic (exact) mass is 314 g/mol. The molecule has 1 aliphatic rings. The maximum absolute atomic E-state index is 11.3. The first-order chi connectivity index (χ1) is 8.16. The molecule has 0 saturated heterocycles. The number of thioether (sulfide) groups is 1. The zero-order valence-electron chi connectivity index (χ0n) is 9.43. The van der Waals surface area contributed by atoms with Crippen LogP contribution in [0.4, 0.5) is 0 Å². The van der Waals surface area contributed by atoms with E-state index in [1.807, 2.05) is 24.3 Å². The Morgan fingerprint density at radius 2 is 2.12 bits per heavy atom. The molecule has 0 spiro atoms. The molecule has 0 aliphatic heterocycles. The Balaban J connectivity index is 2.09. The van der Waals surface area contributed by atoms with Crippen LogP contribution >= 0.6 is 27.7 Å². The van der Waals surface area contributed by atoms with Gasteiger partial charge in [-0.1, -0.05) is 34.8 Å². The van der Waals surface area contributed by atoms with Crippen LogP contribution in [-0.4, -0.2) is 16.3 Å². The summed E-state index contributed by atoms with van der Waals surface area (Å²) in [6.45, 7) is 0. The lowest BCUT2D eigenvalue weighted by Crippen LogP contribution is -2.24. The molecule has 0 heterocycles. The highest BCUT2D eigenvalue weighted by molar-refractivity contribution is 9.10. The van der Waals surface area contributed by atoms with Gasteiger partial charge < -0.3 is 5.11 Å². The Morgan fingerprint density at radius 3 is 2.71 bits per heavy atom. The van der Waals surface area contributed by atoms with E-state index in [1.54, 1.807) is 0 Å². The highest BCUT2D eigenvalue weighted by Crippen LogP contribution is 2.37. The standard InChI is InChI=1S/C13H15BrO2S/c14-10-6-3-7-11(8-10)17-12(13(15)16)9-4-1-2-5-9/h3,6-9,12H,1-2,4-5H2,(H,15,16). The van der Waals surface area contributed by atoms with Gasteiger partial charge in [0.1, 0.15) is 5.25 Å². The predicted molar refractivity (Wildman–Crippen MR) is 73.4 cm³/mol. The second-order valence-corrected chi connectivity index (χ2v) is 6.51. The van der Waals surface area contributed by atoms with Crippen LogP contribution in [-0.2, 0) is 4.79 Å². The highest BCUT2D eigenvalue weighted by atomic mass is 79.9. The van der Waals surface area contributed by atoms with Crippen molar-refractivity contribution in [2.75, 3.05) is 0 Å². The number of halogens is 1. The lowest BCUT2D eigenvalue weighted by molar-refractivity contribution is -0.137. The van der Waals surface area contributed by atoms with Gasteiger partial charge in [-0.2, -0.15) is 0 Å². The van der Waals surface area contributed by atoms with E-state index in [2.05, 4.69) is 15.9 Å². The highest BCUT2D eigenvalue weighted by Gasteiger charge is 2.31.